The van der Waals surface area contributed by atoms with Gasteiger partial charge in [-0.15, -0.1) is 11.3 Å². The number of halogens is 2. The Kier molecular flexibility index (Phi) is 5.24. The summed E-state index contributed by atoms with van der Waals surface area (Å²) in [7, 11) is 1.44. The average molecular weight is 395 g/mol. The first-order valence-electron chi connectivity index (χ1n) is 7.83. The highest BCUT2D eigenvalue weighted by atomic mass is 35.5. The van der Waals surface area contributed by atoms with Crippen molar-refractivity contribution >= 4 is 45.4 Å². The largest absolute Gasteiger partial charge is 0.494 e. The Morgan fingerprint density at radius 3 is 2.88 bits per heavy atom. The van der Waals surface area contributed by atoms with Gasteiger partial charge in [-0.1, -0.05) is 30.1 Å². The molecule has 0 bridgehead atoms. The number of amides is 1. The highest BCUT2D eigenvalue weighted by Gasteiger charge is 2.26. The van der Waals surface area contributed by atoms with Gasteiger partial charge in [0.15, 0.2) is 0 Å². The molecule has 25 heavy (non-hydrogen) atoms. The Hall–Kier alpha value is -1.74. The van der Waals surface area contributed by atoms with Crippen LogP contribution in [-0.4, -0.2) is 13.0 Å². The fourth-order valence-electron chi connectivity index (χ4n) is 3.06. The second-order valence-electron chi connectivity index (χ2n) is 6.09. The highest BCUT2D eigenvalue weighted by Crippen LogP contribution is 2.40. The smallest absolute Gasteiger partial charge is 0.260 e. The summed E-state index contributed by atoms with van der Waals surface area (Å²) >= 11 is 13.6. The quantitative estimate of drug-likeness (QED) is 0.766. The Balaban J connectivity index is 1.96. The van der Waals surface area contributed by atoms with E-state index in [1.807, 2.05) is 0 Å². The molecule has 1 heterocycles. The van der Waals surface area contributed by atoms with Crippen LogP contribution in [0.2, 0.25) is 10.0 Å². The van der Waals surface area contributed by atoms with Crippen LogP contribution in [0.3, 0.4) is 0 Å². The number of nitriles is 1. The third-order valence-electron chi connectivity index (χ3n) is 4.31. The second-order valence-corrected chi connectivity index (χ2v) is 8.04. The molecule has 130 valence electrons. The minimum absolute atomic E-state index is 0.239. The molecule has 4 nitrogen and oxygen atoms in total. The number of carbonyl (C=O) groups is 1. The first kappa shape index (κ1) is 18.1. The van der Waals surface area contributed by atoms with E-state index < -0.39 is 5.91 Å². The second kappa shape index (κ2) is 7.25. The summed E-state index contributed by atoms with van der Waals surface area (Å²) in [5.74, 6) is 0.453. The van der Waals surface area contributed by atoms with Crippen molar-refractivity contribution < 1.29 is 9.53 Å². The van der Waals surface area contributed by atoms with E-state index in [1.54, 1.807) is 0 Å². The lowest BCUT2D eigenvalue weighted by Crippen LogP contribution is -2.13. The highest BCUT2D eigenvalue weighted by molar-refractivity contribution is 7.16. The molecular formula is C18H16Cl2N2O2S. The molecule has 0 fully saturated rings. The van der Waals surface area contributed by atoms with Crippen LogP contribution in [0.25, 0.3) is 0 Å². The topological polar surface area (TPSA) is 62.1 Å². The third kappa shape index (κ3) is 3.48. The predicted molar refractivity (Wildman–Crippen MR) is 101 cm³/mol. The van der Waals surface area contributed by atoms with Crippen LogP contribution >= 0.6 is 34.5 Å². The molecule has 1 aromatic carbocycles. The molecule has 0 saturated heterocycles. The van der Waals surface area contributed by atoms with Crippen molar-refractivity contribution in [2.75, 3.05) is 12.4 Å². The maximum Gasteiger partial charge on any atom is 0.260 e. The Morgan fingerprint density at radius 2 is 2.20 bits per heavy atom. The van der Waals surface area contributed by atoms with Crippen molar-refractivity contribution in [2.45, 2.75) is 26.2 Å². The molecular weight excluding hydrogens is 379 g/mol. The van der Waals surface area contributed by atoms with Gasteiger partial charge in [-0.2, -0.15) is 5.26 Å². The first-order valence-corrected chi connectivity index (χ1v) is 9.40. The number of rotatable bonds is 3. The molecule has 0 unspecified atom stereocenters. The van der Waals surface area contributed by atoms with Gasteiger partial charge in [0, 0.05) is 9.90 Å². The van der Waals surface area contributed by atoms with Gasteiger partial charge < -0.3 is 10.1 Å². The van der Waals surface area contributed by atoms with Crippen LogP contribution in [0.5, 0.6) is 5.75 Å². The SMILES string of the molecule is COc1c(Cl)cc(Cl)cc1C(=O)Nc1sc2c(c1C#N)CC[C@H](C)C2. The molecule has 2 aromatic rings. The summed E-state index contributed by atoms with van der Waals surface area (Å²) in [6.45, 7) is 2.20. The fraction of sp³-hybridized carbons (Fsp3) is 0.333. The van der Waals surface area contributed by atoms with Crippen molar-refractivity contribution in [3.63, 3.8) is 0 Å². The van der Waals surface area contributed by atoms with Crippen LogP contribution in [0.15, 0.2) is 12.1 Å². The number of anilines is 1. The molecule has 1 aromatic heterocycles. The van der Waals surface area contributed by atoms with Gasteiger partial charge in [-0.3, -0.25) is 4.79 Å². The zero-order valence-electron chi connectivity index (χ0n) is 13.8. The molecule has 3 rings (SSSR count). The van der Waals surface area contributed by atoms with Crippen LogP contribution in [0.1, 0.15) is 39.7 Å². The van der Waals surface area contributed by atoms with Crippen molar-refractivity contribution in [3.8, 4) is 11.8 Å². The van der Waals surface area contributed by atoms with E-state index in [2.05, 4.69) is 18.3 Å². The van der Waals surface area contributed by atoms with Crippen molar-refractivity contribution in [2.24, 2.45) is 5.92 Å². The number of nitrogens with zero attached hydrogens (tertiary/aromatic N) is 1. The van der Waals surface area contributed by atoms with Crippen molar-refractivity contribution in [1.29, 1.82) is 5.26 Å². The number of thiophene rings is 1. The third-order valence-corrected chi connectivity index (χ3v) is 5.98. The average Bonchev–Trinajstić information content (AvgIpc) is 2.89. The zero-order valence-corrected chi connectivity index (χ0v) is 16.1. The maximum absolute atomic E-state index is 12.7. The summed E-state index contributed by atoms with van der Waals surface area (Å²) in [6.07, 6.45) is 2.87. The van der Waals surface area contributed by atoms with E-state index >= 15 is 0 Å². The Morgan fingerprint density at radius 1 is 1.44 bits per heavy atom. The van der Waals surface area contributed by atoms with Gasteiger partial charge in [-0.25, -0.2) is 0 Å². The summed E-state index contributed by atoms with van der Waals surface area (Å²) < 4.78 is 5.23. The van der Waals surface area contributed by atoms with Crippen LogP contribution in [0.4, 0.5) is 5.00 Å². The molecule has 0 spiro atoms. The monoisotopic (exact) mass is 394 g/mol. The van der Waals surface area contributed by atoms with Crippen LogP contribution in [-0.2, 0) is 12.8 Å². The van der Waals surface area contributed by atoms with E-state index in [0.29, 0.717) is 21.5 Å². The molecule has 1 N–H and O–H groups in total. The summed E-state index contributed by atoms with van der Waals surface area (Å²) in [5.41, 5.74) is 1.87. The number of methoxy groups -OCH3 is 1. The molecule has 0 radical (unpaired) electrons. The van der Waals surface area contributed by atoms with Gasteiger partial charge in [0.2, 0.25) is 0 Å². The molecule has 1 amide bonds. The fourth-order valence-corrected chi connectivity index (χ4v) is 4.99. The van der Waals surface area contributed by atoms with E-state index in [-0.39, 0.29) is 16.3 Å². The van der Waals surface area contributed by atoms with Gasteiger partial charge in [-0.05, 0) is 42.9 Å². The first-order chi connectivity index (χ1) is 11.9. The minimum atomic E-state index is -0.399. The van der Waals surface area contributed by atoms with Crippen LogP contribution < -0.4 is 10.1 Å². The molecule has 1 atom stereocenters. The summed E-state index contributed by atoms with van der Waals surface area (Å²) in [5, 5.41) is 13.6. The Bertz CT molecular complexity index is 886. The maximum atomic E-state index is 12.7. The molecule has 0 saturated carbocycles. The Labute approximate surface area is 160 Å². The van der Waals surface area contributed by atoms with Crippen molar-refractivity contribution in [3.05, 3.63) is 43.7 Å². The van der Waals surface area contributed by atoms with Crippen molar-refractivity contribution in [1.82, 2.24) is 0 Å². The van der Waals surface area contributed by atoms with Gasteiger partial charge in [0.25, 0.3) is 5.91 Å². The van der Waals surface area contributed by atoms with E-state index in [4.69, 9.17) is 27.9 Å². The number of nitrogens with one attached hydrogen (secondary N) is 1. The lowest BCUT2D eigenvalue weighted by atomic mass is 9.88. The summed E-state index contributed by atoms with van der Waals surface area (Å²) in [6, 6.07) is 5.26. The lowest BCUT2D eigenvalue weighted by Gasteiger charge is -2.17. The molecule has 0 aliphatic heterocycles. The van der Waals surface area contributed by atoms with E-state index in [0.717, 1.165) is 24.8 Å². The normalized spacial score (nSPS) is 16.0. The number of hydrogen-bond acceptors (Lipinski definition) is 4. The standard InChI is InChI=1S/C18H16Cl2N2O2S/c1-9-3-4-11-13(8-21)18(25-15(11)5-9)22-17(23)12-6-10(19)7-14(20)16(12)24-2/h6-7,9H,3-5H2,1-2H3,(H,22,23)/t9-/m0/s1. The van der Waals surface area contributed by atoms with Gasteiger partial charge in [0.05, 0.1) is 23.3 Å². The molecule has 7 heteroatoms. The number of fused-ring (bicyclic) bond motifs is 1. The zero-order chi connectivity index (χ0) is 18.1. The number of hydrogen-bond donors (Lipinski definition) is 1. The minimum Gasteiger partial charge on any atom is -0.494 e. The number of ether oxygens (including phenoxy) is 1. The van der Waals surface area contributed by atoms with Gasteiger partial charge in [0.1, 0.15) is 16.8 Å². The molecule has 1 aliphatic rings. The number of benzene rings is 1. The van der Waals surface area contributed by atoms with Crippen LogP contribution in [0, 0.1) is 17.2 Å². The molecule has 1 aliphatic carbocycles. The van der Waals surface area contributed by atoms with Gasteiger partial charge >= 0.3 is 0 Å². The number of carbonyl (C=O) groups excluding carboxylic acids is 1. The lowest BCUT2D eigenvalue weighted by molar-refractivity contribution is 0.102. The van der Waals surface area contributed by atoms with E-state index in [1.165, 1.54) is 35.5 Å². The van der Waals surface area contributed by atoms with E-state index in [9.17, 15) is 10.1 Å². The predicted octanol–water partition coefficient (Wildman–Crippen LogP) is 5.31. The summed E-state index contributed by atoms with van der Waals surface area (Å²) in [4.78, 5) is 13.9.